The number of fused-ring (bicyclic) bond motifs is 1. The van der Waals surface area contributed by atoms with Crippen molar-refractivity contribution in [2.75, 3.05) is 13.1 Å². The van der Waals surface area contributed by atoms with Crippen molar-refractivity contribution in [1.29, 1.82) is 0 Å². The SMILES string of the molecule is CC(C(=O)N1CCC[C@@H](Cc2cn3ccnc3cn2)CC1)(c1ccccc1)c1ccccc1. The Labute approximate surface area is 195 Å². The van der Waals surface area contributed by atoms with Gasteiger partial charge in [0.05, 0.1) is 17.3 Å². The third-order valence-electron chi connectivity index (χ3n) is 7.10. The highest BCUT2D eigenvalue weighted by atomic mass is 16.2. The van der Waals surface area contributed by atoms with Gasteiger partial charge in [-0.15, -0.1) is 0 Å². The van der Waals surface area contributed by atoms with Gasteiger partial charge in [-0.3, -0.25) is 9.78 Å². The van der Waals surface area contributed by atoms with Crippen molar-refractivity contribution >= 4 is 11.6 Å². The average molecular weight is 439 g/mol. The van der Waals surface area contributed by atoms with Gasteiger partial charge in [-0.1, -0.05) is 60.7 Å². The molecule has 168 valence electrons. The van der Waals surface area contributed by atoms with Crippen LogP contribution in [0.4, 0.5) is 0 Å². The first kappa shape index (κ1) is 21.4. The fraction of sp³-hybridized carbons (Fsp3) is 0.321. The molecule has 1 atom stereocenters. The molecule has 5 nitrogen and oxygen atoms in total. The summed E-state index contributed by atoms with van der Waals surface area (Å²) in [6.07, 6.45) is 11.7. The number of hydrogen-bond acceptors (Lipinski definition) is 3. The monoisotopic (exact) mass is 438 g/mol. The van der Waals surface area contributed by atoms with E-state index in [1.165, 1.54) is 0 Å². The van der Waals surface area contributed by atoms with E-state index < -0.39 is 5.41 Å². The molecule has 0 bridgehead atoms. The lowest BCUT2D eigenvalue weighted by atomic mass is 9.75. The van der Waals surface area contributed by atoms with E-state index in [9.17, 15) is 4.79 Å². The summed E-state index contributed by atoms with van der Waals surface area (Å²) in [7, 11) is 0. The third kappa shape index (κ3) is 4.28. The number of aromatic nitrogens is 3. The molecule has 5 rings (SSSR count). The molecule has 2 aromatic heterocycles. The van der Waals surface area contributed by atoms with Gasteiger partial charge in [-0.25, -0.2) is 4.98 Å². The van der Waals surface area contributed by atoms with E-state index in [1.807, 2.05) is 53.2 Å². The standard InChI is InChI=1S/C28H30N4O/c1-28(23-10-4-2-5-11-23,24-12-6-3-7-13-24)27(33)31-16-8-9-22(14-17-31)19-25-21-32-18-15-29-26(32)20-30-25/h2-7,10-13,15,18,20-22H,8-9,14,16-17,19H2,1H3/t22-/m1/s1. The van der Waals surface area contributed by atoms with Gasteiger partial charge >= 0.3 is 0 Å². The predicted octanol–water partition coefficient (Wildman–Crippen LogP) is 4.91. The first-order valence-corrected chi connectivity index (χ1v) is 11.8. The molecule has 0 aliphatic carbocycles. The summed E-state index contributed by atoms with van der Waals surface area (Å²) in [6.45, 7) is 3.66. The van der Waals surface area contributed by atoms with E-state index in [2.05, 4.69) is 52.3 Å². The topological polar surface area (TPSA) is 50.5 Å². The second kappa shape index (κ2) is 9.18. The Hall–Kier alpha value is -3.47. The first-order valence-electron chi connectivity index (χ1n) is 11.8. The Morgan fingerprint density at radius 3 is 2.36 bits per heavy atom. The highest BCUT2D eigenvalue weighted by Gasteiger charge is 2.40. The number of carbonyl (C=O) groups is 1. The van der Waals surface area contributed by atoms with Crippen molar-refractivity contribution in [1.82, 2.24) is 19.3 Å². The van der Waals surface area contributed by atoms with Gasteiger partial charge < -0.3 is 9.30 Å². The fourth-order valence-corrected chi connectivity index (χ4v) is 5.11. The summed E-state index contributed by atoms with van der Waals surface area (Å²) in [6, 6.07) is 20.4. The van der Waals surface area contributed by atoms with Gasteiger partial charge in [0.1, 0.15) is 0 Å². The van der Waals surface area contributed by atoms with Gasteiger partial charge in [-0.05, 0) is 49.7 Å². The molecular formula is C28H30N4O. The van der Waals surface area contributed by atoms with Crippen LogP contribution < -0.4 is 0 Å². The molecule has 4 aromatic rings. The van der Waals surface area contributed by atoms with Crippen LogP contribution in [-0.4, -0.2) is 38.3 Å². The number of likely N-dealkylation sites (tertiary alicyclic amines) is 1. The second-order valence-corrected chi connectivity index (χ2v) is 9.22. The Bertz CT molecular complexity index is 1180. The van der Waals surface area contributed by atoms with Crippen LogP contribution in [-0.2, 0) is 16.6 Å². The summed E-state index contributed by atoms with van der Waals surface area (Å²) in [5, 5.41) is 0. The summed E-state index contributed by atoms with van der Waals surface area (Å²) >= 11 is 0. The zero-order chi connectivity index (χ0) is 22.7. The van der Waals surface area contributed by atoms with Crippen LogP contribution in [0.5, 0.6) is 0 Å². The molecule has 5 heteroatoms. The quantitative estimate of drug-likeness (QED) is 0.445. The minimum atomic E-state index is -0.698. The fourth-order valence-electron chi connectivity index (χ4n) is 5.11. The molecule has 0 spiro atoms. The zero-order valence-corrected chi connectivity index (χ0v) is 19.1. The number of hydrogen-bond donors (Lipinski definition) is 0. The van der Waals surface area contributed by atoms with Crippen molar-refractivity contribution in [3.8, 4) is 0 Å². The molecule has 2 aromatic carbocycles. The normalized spacial score (nSPS) is 17.1. The van der Waals surface area contributed by atoms with Crippen molar-refractivity contribution in [3.63, 3.8) is 0 Å². The smallest absolute Gasteiger partial charge is 0.237 e. The number of imidazole rings is 1. The molecule has 0 unspecified atom stereocenters. The van der Waals surface area contributed by atoms with Crippen molar-refractivity contribution in [3.05, 3.63) is 102 Å². The number of benzene rings is 2. The summed E-state index contributed by atoms with van der Waals surface area (Å²) in [5.74, 6) is 0.717. The maximum atomic E-state index is 14.1. The van der Waals surface area contributed by atoms with E-state index in [-0.39, 0.29) is 5.91 Å². The molecule has 1 amide bonds. The van der Waals surface area contributed by atoms with Crippen LogP contribution in [0.2, 0.25) is 0 Å². The molecule has 3 heterocycles. The Morgan fingerprint density at radius 2 is 1.67 bits per heavy atom. The van der Waals surface area contributed by atoms with Crippen LogP contribution in [0.3, 0.4) is 0 Å². The van der Waals surface area contributed by atoms with Crippen LogP contribution >= 0.6 is 0 Å². The summed E-state index contributed by atoms with van der Waals surface area (Å²) in [4.78, 5) is 25.0. The van der Waals surface area contributed by atoms with Gasteiger partial charge in [-0.2, -0.15) is 0 Å². The average Bonchev–Trinajstić information content (AvgIpc) is 3.21. The van der Waals surface area contributed by atoms with Gasteiger partial charge in [0.2, 0.25) is 5.91 Å². The van der Waals surface area contributed by atoms with Crippen molar-refractivity contribution in [2.45, 2.75) is 38.0 Å². The van der Waals surface area contributed by atoms with Gasteiger partial charge in [0, 0.05) is 31.7 Å². The Kier molecular flexibility index (Phi) is 5.95. The highest BCUT2D eigenvalue weighted by Crippen LogP contribution is 2.35. The minimum Gasteiger partial charge on any atom is -0.342 e. The Balaban J connectivity index is 1.34. The maximum Gasteiger partial charge on any atom is 0.237 e. The van der Waals surface area contributed by atoms with Crippen molar-refractivity contribution < 1.29 is 4.79 Å². The first-order chi connectivity index (χ1) is 16.1. The van der Waals surface area contributed by atoms with Gasteiger partial charge in [0.15, 0.2) is 5.65 Å². The summed E-state index contributed by atoms with van der Waals surface area (Å²) < 4.78 is 2.03. The van der Waals surface area contributed by atoms with Gasteiger partial charge in [0.25, 0.3) is 0 Å². The number of amides is 1. The minimum absolute atomic E-state index is 0.193. The van der Waals surface area contributed by atoms with Crippen LogP contribution in [0.1, 0.15) is 43.0 Å². The third-order valence-corrected chi connectivity index (χ3v) is 7.10. The molecular weight excluding hydrogens is 408 g/mol. The van der Waals surface area contributed by atoms with Crippen LogP contribution in [0, 0.1) is 5.92 Å². The van der Waals surface area contributed by atoms with E-state index >= 15 is 0 Å². The molecule has 1 fully saturated rings. The largest absolute Gasteiger partial charge is 0.342 e. The van der Waals surface area contributed by atoms with E-state index in [1.54, 1.807) is 6.20 Å². The lowest BCUT2D eigenvalue weighted by molar-refractivity contribution is -0.135. The van der Waals surface area contributed by atoms with E-state index in [0.29, 0.717) is 5.92 Å². The molecule has 1 aliphatic rings. The summed E-state index contributed by atoms with van der Waals surface area (Å²) in [5.41, 5.74) is 3.34. The lowest BCUT2D eigenvalue weighted by Crippen LogP contribution is -2.46. The van der Waals surface area contributed by atoms with Crippen molar-refractivity contribution in [2.24, 2.45) is 5.92 Å². The second-order valence-electron chi connectivity index (χ2n) is 9.22. The number of nitrogens with zero attached hydrogens (tertiary/aromatic N) is 4. The molecule has 0 radical (unpaired) electrons. The molecule has 33 heavy (non-hydrogen) atoms. The number of rotatable bonds is 5. The highest BCUT2D eigenvalue weighted by molar-refractivity contribution is 5.91. The zero-order valence-electron chi connectivity index (χ0n) is 19.1. The molecule has 1 aliphatic heterocycles. The molecule has 0 saturated carbocycles. The molecule has 0 N–H and O–H groups in total. The number of carbonyl (C=O) groups excluding carboxylic acids is 1. The maximum absolute atomic E-state index is 14.1. The lowest BCUT2D eigenvalue weighted by Gasteiger charge is -2.35. The van der Waals surface area contributed by atoms with E-state index in [4.69, 9.17) is 0 Å². The van der Waals surface area contributed by atoms with Crippen LogP contribution in [0.15, 0.2) is 85.5 Å². The molecule has 1 saturated heterocycles. The van der Waals surface area contributed by atoms with Crippen LogP contribution in [0.25, 0.3) is 5.65 Å². The Morgan fingerprint density at radius 1 is 0.970 bits per heavy atom. The van der Waals surface area contributed by atoms with E-state index in [0.717, 1.165) is 61.2 Å². The predicted molar refractivity (Wildman–Crippen MR) is 130 cm³/mol.